The van der Waals surface area contributed by atoms with Crippen LogP contribution in [-0.4, -0.2) is 35.1 Å². The molecule has 0 atom stereocenters. The van der Waals surface area contributed by atoms with Crippen molar-refractivity contribution in [1.82, 2.24) is 10.8 Å². The van der Waals surface area contributed by atoms with Crippen molar-refractivity contribution in [3.63, 3.8) is 0 Å². The van der Waals surface area contributed by atoms with Crippen LogP contribution in [0, 0.1) is 5.41 Å². The van der Waals surface area contributed by atoms with E-state index in [9.17, 15) is 14.4 Å². The minimum Gasteiger partial charge on any atom is -0.466 e. The maximum absolute atomic E-state index is 12.1. The Balaban J connectivity index is 1.29. The lowest BCUT2D eigenvalue weighted by molar-refractivity contribution is -0.190. The van der Waals surface area contributed by atoms with Crippen LogP contribution in [0.5, 0.6) is 0 Å². The Morgan fingerprint density at radius 1 is 0.774 bits per heavy atom. The highest BCUT2D eigenvalue weighted by atomic mass is 16.5. The van der Waals surface area contributed by atoms with Crippen molar-refractivity contribution in [3.8, 4) is 0 Å². The Morgan fingerprint density at radius 3 is 1.68 bits per heavy atom. The van der Waals surface area contributed by atoms with Crippen molar-refractivity contribution in [2.24, 2.45) is 5.41 Å². The molecule has 0 aromatic rings. The highest BCUT2D eigenvalue weighted by molar-refractivity contribution is 5.87. The molecule has 7 heteroatoms. The van der Waals surface area contributed by atoms with Crippen LogP contribution in [0.15, 0.2) is 0 Å². The van der Waals surface area contributed by atoms with Crippen molar-refractivity contribution in [1.29, 1.82) is 0 Å². The molecular weight excluding hydrogens is 396 g/mol. The zero-order chi connectivity index (χ0) is 22.6. The topological polar surface area (TPSA) is 105 Å². The van der Waals surface area contributed by atoms with Crippen molar-refractivity contribution < 1.29 is 24.3 Å². The van der Waals surface area contributed by atoms with Crippen LogP contribution < -0.4 is 10.8 Å². The Hall–Kier alpha value is -1.63. The van der Waals surface area contributed by atoms with Gasteiger partial charge in [0, 0.05) is 18.9 Å². The van der Waals surface area contributed by atoms with Gasteiger partial charge in [0.1, 0.15) is 0 Å². The molecule has 0 saturated heterocycles. The summed E-state index contributed by atoms with van der Waals surface area (Å²) in [7, 11) is 0. The van der Waals surface area contributed by atoms with E-state index in [2.05, 4.69) is 5.32 Å². The number of carbonyl (C=O) groups is 3. The van der Waals surface area contributed by atoms with Gasteiger partial charge in [0.15, 0.2) is 0 Å². The SMILES string of the molecule is CC(=O)OCCCCCCCCCCCCCCCC(=O)NC12CC(C(=O)NO)(C1)C2. The lowest BCUT2D eigenvalue weighted by atomic mass is 9.39. The Labute approximate surface area is 187 Å². The molecule has 0 aromatic carbocycles. The second kappa shape index (κ2) is 13.0. The van der Waals surface area contributed by atoms with E-state index in [0.29, 0.717) is 32.3 Å². The molecule has 0 aromatic heterocycles. The molecule has 31 heavy (non-hydrogen) atoms. The van der Waals surface area contributed by atoms with Gasteiger partial charge in [0.2, 0.25) is 11.8 Å². The van der Waals surface area contributed by atoms with Crippen LogP contribution in [0.1, 0.15) is 116 Å². The van der Waals surface area contributed by atoms with Crippen LogP contribution in [0.2, 0.25) is 0 Å². The summed E-state index contributed by atoms with van der Waals surface area (Å²) in [4.78, 5) is 34.3. The predicted octanol–water partition coefficient (Wildman–Crippen LogP) is 4.56. The highest BCUT2D eigenvalue weighted by Crippen LogP contribution is 2.67. The molecule has 3 aliphatic rings. The number of amides is 2. The molecule has 3 aliphatic carbocycles. The Bertz CT molecular complexity index is 573. The average molecular weight is 439 g/mol. The summed E-state index contributed by atoms with van der Waals surface area (Å²) in [5, 5.41) is 11.8. The maximum Gasteiger partial charge on any atom is 0.302 e. The van der Waals surface area contributed by atoms with Gasteiger partial charge >= 0.3 is 5.97 Å². The van der Waals surface area contributed by atoms with Crippen LogP contribution in [-0.2, 0) is 19.1 Å². The first-order valence-electron chi connectivity index (χ1n) is 12.3. The van der Waals surface area contributed by atoms with E-state index in [4.69, 9.17) is 9.94 Å². The van der Waals surface area contributed by atoms with Gasteiger partial charge in [-0.2, -0.15) is 0 Å². The van der Waals surface area contributed by atoms with Gasteiger partial charge in [-0.15, -0.1) is 0 Å². The summed E-state index contributed by atoms with van der Waals surface area (Å²) in [6.45, 7) is 2.02. The molecule has 0 unspecified atom stereocenters. The van der Waals surface area contributed by atoms with Gasteiger partial charge in [-0.1, -0.05) is 70.6 Å². The van der Waals surface area contributed by atoms with Gasteiger partial charge in [0.25, 0.3) is 0 Å². The van der Waals surface area contributed by atoms with Crippen LogP contribution in [0.4, 0.5) is 0 Å². The van der Waals surface area contributed by atoms with Gasteiger partial charge in [-0.25, -0.2) is 5.48 Å². The second-order valence-electron chi connectivity index (χ2n) is 9.77. The number of hydrogen-bond donors (Lipinski definition) is 3. The van der Waals surface area contributed by atoms with E-state index < -0.39 is 5.41 Å². The number of hydroxylamine groups is 1. The fraction of sp³-hybridized carbons (Fsp3) is 0.875. The predicted molar refractivity (Wildman–Crippen MR) is 118 cm³/mol. The Kier molecular flexibility index (Phi) is 10.8. The summed E-state index contributed by atoms with van der Waals surface area (Å²) >= 11 is 0. The summed E-state index contributed by atoms with van der Waals surface area (Å²) in [6, 6.07) is 0. The molecule has 3 fully saturated rings. The lowest BCUT2D eigenvalue weighted by Gasteiger charge is -2.68. The first kappa shape index (κ1) is 25.6. The zero-order valence-electron chi connectivity index (χ0n) is 19.3. The minimum atomic E-state index is -0.422. The molecule has 0 spiro atoms. The molecule has 3 saturated carbocycles. The third-order valence-corrected chi connectivity index (χ3v) is 6.87. The molecule has 2 bridgehead atoms. The van der Waals surface area contributed by atoms with E-state index >= 15 is 0 Å². The number of rotatable bonds is 18. The van der Waals surface area contributed by atoms with E-state index in [1.54, 1.807) is 5.48 Å². The first-order chi connectivity index (χ1) is 14.9. The number of carbonyl (C=O) groups excluding carboxylic acids is 3. The smallest absolute Gasteiger partial charge is 0.302 e. The van der Waals surface area contributed by atoms with Gasteiger partial charge in [0.05, 0.1) is 12.0 Å². The van der Waals surface area contributed by atoms with Crippen LogP contribution in [0.3, 0.4) is 0 Å². The largest absolute Gasteiger partial charge is 0.466 e. The summed E-state index contributed by atoms with van der Waals surface area (Å²) in [5.41, 5.74) is 1.14. The summed E-state index contributed by atoms with van der Waals surface area (Å²) in [5.74, 6) is -0.391. The van der Waals surface area contributed by atoms with Crippen molar-refractivity contribution in [2.45, 2.75) is 122 Å². The monoisotopic (exact) mass is 438 g/mol. The summed E-state index contributed by atoms with van der Waals surface area (Å²) < 4.78 is 4.92. The fourth-order valence-corrected chi connectivity index (χ4v) is 5.19. The minimum absolute atomic E-state index is 0.101. The van der Waals surface area contributed by atoms with Gasteiger partial charge in [-0.3, -0.25) is 19.6 Å². The van der Waals surface area contributed by atoms with E-state index in [-0.39, 0.29) is 23.3 Å². The van der Waals surface area contributed by atoms with Crippen LogP contribution >= 0.6 is 0 Å². The third kappa shape index (κ3) is 8.43. The first-order valence-corrected chi connectivity index (χ1v) is 12.3. The van der Waals surface area contributed by atoms with E-state index in [0.717, 1.165) is 25.7 Å². The molecule has 7 nitrogen and oxygen atoms in total. The van der Waals surface area contributed by atoms with Gasteiger partial charge < -0.3 is 10.1 Å². The molecule has 0 aliphatic heterocycles. The average Bonchev–Trinajstić information content (AvgIpc) is 2.68. The highest BCUT2D eigenvalue weighted by Gasteiger charge is 2.72. The van der Waals surface area contributed by atoms with E-state index in [1.807, 2.05) is 0 Å². The molecule has 2 amide bonds. The number of nitrogens with one attached hydrogen (secondary N) is 2. The molecule has 0 radical (unpaired) electrons. The van der Waals surface area contributed by atoms with Gasteiger partial charge in [-0.05, 0) is 32.1 Å². The number of esters is 1. The number of ether oxygens (including phenoxy) is 1. The normalized spacial score (nSPS) is 23.4. The van der Waals surface area contributed by atoms with Crippen molar-refractivity contribution >= 4 is 17.8 Å². The standard InChI is InChI=1S/C24H42N2O5/c1-20(27)31-16-14-12-10-8-6-4-2-3-5-7-9-11-13-15-21(28)25-24-17-23(18-24,19-24)22(29)26-30/h30H,2-19H2,1H3,(H,25,28)(H,26,29). The molecule has 0 heterocycles. The van der Waals surface area contributed by atoms with Crippen molar-refractivity contribution in [2.75, 3.05) is 6.61 Å². The van der Waals surface area contributed by atoms with Crippen LogP contribution in [0.25, 0.3) is 0 Å². The molecule has 3 N–H and O–H groups in total. The third-order valence-electron chi connectivity index (χ3n) is 6.87. The second-order valence-corrected chi connectivity index (χ2v) is 9.77. The molecular formula is C24H42N2O5. The quantitative estimate of drug-likeness (QED) is 0.126. The van der Waals surface area contributed by atoms with Crippen molar-refractivity contribution in [3.05, 3.63) is 0 Å². The number of hydrogen-bond acceptors (Lipinski definition) is 5. The number of unbranched alkanes of at least 4 members (excludes halogenated alkanes) is 12. The molecule has 178 valence electrons. The summed E-state index contributed by atoms with van der Waals surface area (Å²) in [6.07, 6.45) is 18.2. The lowest BCUT2D eigenvalue weighted by Crippen LogP contribution is -2.78. The van der Waals surface area contributed by atoms with E-state index in [1.165, 1.54) is 64.7 Å². The maximum atomic E-state index is 12.1. The molecule has 3 rings (SSSR count). The zero-order valence-corrected chi connectivity index (χ0v) is 19.3. The fourth-order valence-electron chi connectivity index (χ4n) is 5.19. The Morgan fingerprint density at radius 2 is 1.23 bits per heavy atom.